The van der Waals surface area contributed by atoms with E-state index in [2.05, 4.69) is 20.6 Å². The van der Waals surface area contributed by atoms with Crippen molar-refractivity contribution in [3.05, 3.63) is 71.5 Å². The first-order valence-corrected chi connectivity index (χ1v) is 9.67. The molecule has 0 unspecified atom stereocenters. The number of nitrogens with one attached hydrogen (secondary N) is 2. The molecule has 28 heavy (non-hydrogen) atoms. The van der Waals surface area contributed by atoms with Gasteiger partial charge in [-0.15, -0.1) is 11.3 Å². The second-order valence-corrected chi connectivity index (χ2v) is 7.15. The number of thiazole rings is 1. The molecule has 0 bridgehead atoms. The van der Waals surface area contributed by atoms with E-state index < -0.39 is 12.1 Å². The van der Waals surface area contributed by atoms with Crippen molar-refractivity contribution in [3.8, 4) is 10.6 Å². The molecule has 0 spiro atoms. The molecule has 3 aromatic rings. The third-order valence-corrected chi connectivity index (χ3v) is 5.27. The first-order valence-electron chi connectivity index (χ1n) is 8.79. The number of carbonyl (C=O) groups is 2. The molecule has 0 radical (unpaired) electrons. The van der Waals surface area contributed by atoms with Gasteiger partial charge in [-0.3, -0.25) is 14.6 Å². The van der Waals surface area contributed by atoms with Crippen LogP contribution in [0.15, 0.2) is 60.2 Å². The van der Waals surface area contributed by atoms with Crippen LogP contribution in [0.4, 0.5) is 0 Å². The van der Waals surface area contributed by atoms with Gasteiger partial charge in [0.15, 0.2) is 6.10 Å². The first-order chi connectivity index (χ1) is 13.7. The average molecular weight is 394 g/mol. The summed E-state index contributed by atoms with van der Waals surface area (Å²) in [5.41, 5.74) is 2.53. The Morgan fingerprint density at radius 1 is 1.25 bits per heavy atom. The van der Waals surface area contributed by atoms with Crippen LogP contribution in [0.2, 0.25) is 0 Å². The maximum atomic E-state index is 12.7. The van der Waals surface area contributed by atoms with E-state index in [-0.39, 0.29) is 25.0 Å². The minimum Gasteiger partial charge on any atom is -0.356 e. The van der Waals surface area contributed by atoms with Crippen molar-refractivity contribution in [1.82, 2.24) is 20.6 Å². The van der Waals surface area contributed by atoms with E-state index in [1.54, 1.807) is 24.5 Å². The molecule has 1 saturated heterocycles. The van der Waals surface area contributed by atoms with Gasteiger partial charge in [0, 0.05) is 23.3 Å². The van der Waals surface area contributed by atoms with E-state index in [9.17, 15) is 9.59 Å². The molecule has 1 aliphatic rings. The van der Waals surface area contributed by atoms with Gasteiger partial charge in [0.2, 0.25) is 5.91 Å². The van der Waals surface area contributed by atoms with E-state index in [0.29, 0.717) is 0 Å². The predicted molar refractivity (Wildman–Crippen MR) is 104 cm³/mol. The van der Waals surface area contributed by atoms with E-state index in [4.69, 9.17) is 4.74 Å². The Balaban J connectivity index is 1.43. The van der Waals surface area contributed by atoms with E-state index >= 15 is 0 Å². The summed E-state index contributed by atoms with van der Waals surface area (Å²) in [6.07, 6.45) is 2.43. The first kappa shape index (κ1) is 18.3. The maximum absolute atomic E-state index is 12.7. The summed E-state index contributed by atoms with van der Waals surface area (Å²) < 4.78 is 5.51. The summed E-state index contributed by atoms with van der Waals surface area (Å²) in [7, 11) is 0. The van der Waals surface area contributed by atoms with E-state index in [1.165, 1.54) is 11.3 Å². The molecule has 1 aliphatic heterocycles. The topological polar surface area (TPSA) is 93.2 Å². The van der Waals surface area contributed by atoms with Crippen molar-refractivity contribution in [2.45, 2.75) is 18.7 Å². The number of pyridine rings is 1. The largest absolute Gasteiger partial charge is 0.356 e. The second-order valence-electron chi connectivity index (χ2n) is 6.29. The van der Waals surface area contributed by atoms with Gasteiger partial charge in [0.05, 0.1) is 18.3 Å². The van der Waals surface area contributed by atoms with Crippen LogP contribution in [0, 0.1) is 0 Å². The van der Waals surface area contributed by atoms with E-state index in [0.717, 1.165) is 21.8 Å². The van der Waals surface area contributed by atoms with Gasteiger partial charge < -0.3 is 15.4 Å². The lowest BCUT2D eigenvalue weighted by molar-refractivity contribution is -0.148. The van der Waals surface area contributed by atoms with E-state index in [1.807, 2.05) is 35.7 Å². The molecule has 2 N–H and O–H groups in total. The molecule has 142 valence electrons. The summed E-state index contributed by atoms with van der Waals surface area (Å²) in [6.45, 7) is 0.138. The number of ether oxygens (including phenoxy) is 1. The molecule has 1 aromatic carbocycles. The van der Waals surface area contributed by atoms with Gasteiger partial charge in [0.1, 0.15) is 11.6 Å². The number of hydrogen-bond donors (Lipinski definition) is 2. The molecule has 2 amide bonds. The number of benzene rings is 1. The molecular weight excluding hydrogens is 376 g/mol. The fourth-order valence-electron chi connectivity index (χ4n) is 2.98. The zero-order valence-electron chi connectivity index (χ0n) is 14.9. The Hall–Kier alpha value is -3.10. The van der Waals surface area contributed by atoms with Gasteiger partial charge in [-0.25, -0.2) is 4.98 Å². The van der Waals surface area contributed by atoms with Crippen molar-refractivity contribution in [2.75, 3.05) is 6.61 Å². The summed E-state index contributed by atoms with van der Waals surface area (Å²) in [4.78, 5) is 33.1. The maximum Gasteiger partial charge on any atom is 0.251 e. The van der Waals surface area contributed by atoms with Gasteiger partial charge in [-0.05, 0) is 11.6 Å². The fraction of sp³-hybridized carbons (Fsp3) is 0.200. The summed E-state index contributed by atoms with van der Waals surface area (Å²) in [5, 5.41) is 8.49. The monoisotopic (exact) mass is 394 g/mol. The number of hydrogen-bond acceptors (Lipinski definition) is 6. The molecule has 3 heterocycles. The molecule has 0 aliphatic carbocycles. The number of nitrogens with zero attached hydrogens (tertiary/aromatic N) is 2. The van der Waals surface area contributed by atoms with Gasteiger partial charge in [-0.2, -0.15) is 0 Å². The van der Waals surface area contributed by atoms with Crippen molar-refractivity contribution in [1.29, 1.82) is 0 Å². The number of morpholine rings is 1. The Labute approximate surface area is 165 Å². The van der Waals surface area contributed by atoms with Crippen molar-refractivity contribution in [3.63, 3.8) is 0 Å². The molecule has 2 atom stereocenters. The van der Waals surface area contributed by atoms with Crippen LogP contribution in [-0.4, -0.2) is 34.5 Å². The van der Waals surface area contributed by atoms with Crippen LogP contribution in [-0.2, 0) is 20.9 Å². The summed E-state index contributed by atoms with van der Waals surface area (Å²) in [5.74, 6) is -0.562. The third-order valence-electron chi connectivity index (χ3n) is 4.33. The molecule has 8 heteroatoms. The van der Waals surface area contributed by atoms with Crippen LogP contribution in [0.3, 0.4) is 0 Å². The molecule has 7 nitrogen and oxygen atoms in total. The van der Waals surface area contributed by atoms with Crippen LogP contribution < -0.4 is 10.6 Å². The van der Waals surface area contributed by atoms with Crippen molar-refractivity contribution >= 4 is 23.2 Å². The Kier molecular flexibility index (Phi) is 5.41. The van der Waals surface area contributed by atoms with Crippen LogP contribution >= 0.6 is 11.3 Å². The highest BCUT2D eigenvalue weighted by Crippen LogP contribution is 2.24. The van der Waals surface area contributed by atoms with Crippen molar-refractivity contribution in [2.24, 2.45) is 0 Å². The molecule has 1 fully saturated rings. The van der Waals surface area contributed by atoms with Crippen LogP contribution in [0.1, 0.15) is 17.3 Å². The third kappa shape index (κ3) is 4.08. The van der Waals surface area contributed by atoms with Crippen molar-refractivity contribution < 1.29 is 14.3 Å². The number of rotatable bonds is 5. The molecule has 2 aromatic heterocycles. The number of amides is 2. The van der Waals surface area contributed by atoms with Crippen LogP contribution in [0.5, 0.6) is 0 Å². The Morgan fingerprint density at radius 3 is 2.89 bits per heavy atom. The van der Waals surface area contributed by atoms with Gasteiger partial charge in [-0.1, -0.05) is 36.4 Å². The minimum atomic E-state index is -0.825. The Morgan fingerprint density at radius 2 is 2.11 bits per heavy atom. The highest BCUT2D eigenvalue weighted by molar-refractivity contribution is 7.13. The van der Waals surface area contributed by atoms with Gasteiger partial charge in [0.25, 0.3) is 5.91 Å². The fourth-order valence-corrected chi connectivity index (χ4v) is 3.80. The number of aromatic nitrogens is 2. The lowest BCUT2D eigenvalue weighted by Crippen LogP contribution is -2.52. The molecular formula is C20H18N4O3S. The number of carbonyl (C=O) groups excluding carboxylic acids is 2. The minimum absolute atomic E-state index is 0.149. The zero-order valence-corrected chi connectivity index (χ0v) is 15.7. The second kappa shape index (κ2) is 8.28. The molecule has 0 saturated carbocycles. The summed E-state index contributed by atoms with van der Waals surface area (Å²) in [6, 6.07) is 12.9. The highest BCUT2D eigenvalue weighted by Gasteiger charge is 2.36. The highest BCUT2D eigenvalue weighted by atomic mass is 32.1. The quantitative estimate of drug-likeness (QED) is 0.691. The Bertz CT molecular complexity index is 962. The van der Waals surface area contributed by atoms with Crippen LogP contribution in [0.25, 0.3) is 10.6 Å². The lowest BCUT2D eigenvalue weighted by atomic mass is 10.0. The standard InChI is InChI=1S/C20H18N4O3S/c25-16-11-27-18(17(24-16)14-7-4-8-21-9-14)19(26)22-10-15-12-28-20(23-15)13-5-2-1-3-6-13/h1-9,12,17-18H,10-11H2,(H,22,26)(H,24,25)/t17-,18+/m1/s1. The normalized spacial score (nSPS) is 19.1. The average Bonchev–Trinajstić information content (AvgIpc) is 3.22. The predicted octanol–water partition coefficient (Wildman–Crippen LogP) is 2.08. The summed E-state index contributed by atoms with van der Waals surface area (Å²) >= 11 is 1.53. The zero-order chi connectivity index (χ0) is 19.3. The molecule has 4 rings (SSSR count). The smallest absolute Gasteiger partial charge is 0.251 e. The SMILES string of the molecule is O=C1CO[C@H](C(=O)NCc2csc(-c3ccccc3)n2)[C@@H](c2cccnc2)N1. The van der Waals surface area contributed by atoms with Gasteiger partial charge >= 0.3 is 0 Å². The lowest BCUT2D eigenvalue weighted by Gasteiger charge is -2.31.